The van der Waals surface area contributed by atoms with Gasteiger partial charge in [0.25, 0.3) is 5.69 Å². The van der Waals surface area contributed by atoms with Crippen LogP contribution in [0.4, 0.5) is 11.4 Å². The molecule has 0 heterocycles. The Balaban J connectivity index is 3.40. The van der Waals surface area contributed by atoms with Gasteiger partial charge in [-0.2, -0.15) is 0 Å². The van der Waals surface area contributed by atoms with Crippen LogP contribution in [0.15, 0.2) is 17.1 Å². The van der Waals surface area contributed by atoms with Crippen LogP contribution in [-0.4, -0.2) is 61.8 Å². The van der Waals surface area contributed by atoms with Gasteiger partial charge in [0, 0.05) is 17.8 Å². The zero-order valence-corrected chi connectivity index (χ0v) is 11.1. The summed E-state index contributed by atoms with van der Waals surface area (Å²) in [5, 5.41) is 58.6. The van der Waals surface area contributed by atoms with E-state index < -0.39 is 52.3 Å². The SMILES string of the molecule is O=[N+]([O-])c1cc(C=NC(CO)(CO)CO)c(O)c([N+](=O)[O-])c1. The Morgan fingerprint density at radius 3 is 2.05 bits per heavy atom. The van der Waals surface area contributed by atoms with Gasteiger partial charge in [-0.15, -0.1) is 0 Å². The predicted molar refractivity (Wildman–Crippen MR) is 73.0 cm³/mol. The number of aliphatic imine (C=N–C) groups is 1. The molecule has 1 aromatic carbocycles. The number of non-ortho nitro benzene ring substituents is 1. The lowest BCUT2D eigenvalue weighted by Crippen LogP contribution is -2.39. The van der Waals surface area contributed by atoms with Gasteiger partial charge in [0.2, 0.25) is 5.75 Å². The smallest absolute Gasteiger partial charge is 0.318 e. The molecule has 0 aliphatic carbocycles. The van der Waals surface area contributed by atoms with Crippen molar-refractivity contribution in [2.24, 2.45) is 4.99 Å². The highest BCUT2D eigenvalue weighted by Crippen LogP contribution is 2.33. The van der Waals surface area contributed by atoms with Crippen LogP contribution in [0, 0.1) is 20.2 Å². The topological polar surface area (TPSA) is 180 Å². The van der Waals surface area contributed by atoms with Gasteiger partial charge >= 0.3 is 5.69 Å². The summed E-state index contributed by atoms with van der Waals surface area (Å²) in [6.45, 7) is -2.23. The van der Waals surface area contributed by atoms with Crippen molar-refractivity contribution in [2.75, 3.05) is 19.8 Å². The third-order valence-corrected chi connectivity index (χ3v) is 2.87. The lowest BCUT2D eigenvalue weighted by molar-refractivity contribution is -0.394. The summed E-state index contributed by atoms with van der Waals surface area (Å²) < 4.78 is 0. The van der Waals surface area contributed by atoms with Gasteiger partial charge in [-0.25, -0.2) is 0 Å². The Morgan fingerprint density at radius 2 is 1.64 bits per heavy atom. The number of hydrogen-bond acceptors (Lipinski definition) is 9. The van der Waals surface area contributed by atoms with E-state index in [2.05, 4.69) is 4.99 Å². The third-order valence-electron chi connectivity index (χ3n) is 2.87. The maximum absolute atomic E-state index is 10.8. The van der Waals surface area contributed by atoms with Crippen molar-refractivity contribution < 1.29 is 30.3 Å². The summed E-state index contributed by atoms with van der Waals surface area (Å²) in [5.41, 5.74) is -3.57. The van der Waals surface area contributed by atoms with E-state index in [1.165, 1.54) is 0 Å². The van der Waals surface area contributed by atoms with Crippen LogP contribution in [0.2, 0.25) is 0 Å². The molecule has 0 fully saturated rings. The highest BCUT2D eigenvalue weighted by Gasteiger charge is 2.28. The van der Waals surface area contributed by atoms with Gasteiger partial charge in [0.1, 0.15) is 5.54 Å². The van der Waals surface area contributed by atoms with Gasteiger partial charge in [-0.3, -0.25) is 25.2 Å². The molecule has 0 saturated carbocycles. The Hall–Kier alpha value is -2.63. The maximum atomic E-state index is 10.8. The number of phenolic OH excluding ortho intramolecular Hbond substituents is 1. The van der Waals surface area contributed by atoms with E-state index in [9.17, 15) is 25.3 Å². The van der Waals surface area contributed by atoms with Crippen LogP contribution >= 0.6 is 0 Å². The summed E-state index contributed by atoms with van der Waals surface area (Å²) in [6.07, 6.45) is 0.804. The molecule has 0 aliphatic heterocycles. The van der Waals surface area contributed by atoms with E-state index in [0.717, 1.165) is 12.3 Å². The Labute approximate surface area is 123 Å². The molecule has 1 aromatic rings. The molecular formula is C11H13N3O8. The second-order valence-corrected chi connectivity index (χ2v) is 4.37. The zero-order chi connectivity index (χ0) is 16.9. The van der Waals surface area contributed by atoms with Crippen LogP contribution in [0.1, 0.15) is 5.56 Å². The number of nitrogens with zero attached hydrogens (tertiary/aromatic N) is 3. The molecule has 11 nitrogen and oxygen atoms in total. The highest BCUT2D eigenvalue weighted by molar-refractivity contribution is 5.87. The standard InChI is InChI=1S/C11H13N3O8/c15-4-11(5-16,6-17)12-3-7-1-8(13(19)20)2-9(10(7)18)14(21)22/h1-3,15-18H,4-6H2. The van der Waals surface area contributed by atoms with Crippen LogP contribution in [0.5, 0.6) is 5.75 Å². The Bertz CT molecular complexity index is 603. The molecule has 22 heavy (non-hydrogen) atoms. The number of rotatable bonds is 7. The number of benzene rings is 1. The van der Waals surface area contributed by atoms with Crippen molar-refractivity contribution in [1.82, 2.24) is 0 Å². The number of hydrogen-bond donors (Lipinski definition) is 4. The summed E-state index contributed by atoms with van der Waals surface area (Å²) in [7, 11) is 0. The predicted octanol–water partition coefficient (Wildman–Crippen LogP) is -0.657. The number of aliphatic hydroxyl groups is 3. The van der Waals surface area contributed by atoms with Gasteiger partial charge in [-0.05, 0) is 0 Å². The molecule has 0 spiro atoms. The second kappa shape index (κ2) is 6.89. The van der Waals surface area contributed by atoms with E-state index in [1.807, 2.05) is 0 Å². The first-order valence-electron chi connectivity index (χ1n) is 5.84. The number of aromatic hydroxyl groups is 1. The molecule has 0 aromatic heterocycles. The van der Waals surface area contributed by atoms with E-state index in [0.29, 0.717) is 6.07 Å². The molecular weight excluding hydrogens is 302 g/mol. The summed E-state index contributed by atoms with van der Waals surface area (Å²) in [5.74, 6) is -0.859. The van der Waals surface area contributed by atoms with Crippen LogP contribution in [-0.2, 0) is 0 Å². The van der Waals surface area contributed by atoms with Gasteiger partial charge < -0.3 is 20.4 Å². The lowest BCUT2D eigenvalue weighted by atomic mass is 10.0. The van der Waals surface area contributed by atoms with Gasteiger partial charge in [0.05, 0.1) is 35.7 Å². The Kier molecular flexibility index (Phi) is 5.45. The van der Waals surface area contributed by atoms with E-state index in [1.54, 1.807) is 0 Å². The average Bonchev–Trinajstić information content (AvgIpc) is 2.49. The fourth-order valence-electron chi connectivity index (χ4n) is 1.45. The van der Waals surface area contributed by atoms with Crippen molar-refractivity contribution in [1.29, 1.82) is 0 Å². The molecule has 120 valence electrons. The second-order valence-electron chi connectivity index (χ2n) is 4.37. The number of aliphatic hydroxyl groups excluding tert-OH is 3. The minimum Gasteiger partial charge on any atom is -0.502 e. The molecule has 4 N–H and O–H groups in total. The van der Waals surface area contributed by atoms with Crippen molar-refractivity contribution in [3.05, 3.63) is 37.9 Å². The first-order valence-corrected chi connectivity index (χ1v) is 5.84. The first-order chi connectivity index (χ1) is 10.3. The van der Waals surface area contributed by atoms with Crippen molar-refractivity contribution in [3.63, 3.8) is 0 Å². The fourth-order valence-corrected chi connectivity index (χ4v) is 1.45. The first kappa shape index (κ1) is 17.4. The zero-order valence-electron chi connectivity index (χ0n) is 11.1. The van der Waals surface area contributed by atoms with Crippen molar-refractivity contribution in [2.45, 2.75) is 5.54 Å². The summed E-state index contributed by atoms with van der Waals surface area (Å²) >= 11 is 0. The monoisotopic (exact) mass is 315 g/mol. The Morgan fingerprint density at radius 1 is 1.09 bits per heavy atom. The summed E-state index contributed by atoms with van der Waals surface area (Å²) in [6, 6.07) is 1.42. The third kappa shape index (κ3) is 3.52. The van der Waals surface area contributed by atoms with Crippen LogP contribution < -0.4 is 0 Å². The minimum atomic E-state index is -1.67. The van der Waals surface area contributed by atoms with Crippen molar-refractivity contribution in [3.8, 4) is 5.75 Å². The molecule has 0 unspecified atom stereocenters. The molecule has 0 bridgehead atoms. The molecule has 0 radical (unpaired) electrons. The largest absolute Gasteiger partial charge is 0.502 e. The quantitative estimate of drug-likeness (QED) is 0.291. The molecule has 0 amide bonds. The molecule has 11 heteroatoms. The number of nitro groups is 2. The molecule has 0 saturated heterocycles. The van der Waals surface area contributed by atoms with E-state index in [-0.39, 0.29) is 5.56 Å². The van der Waals surface area contributed by atoms with Gasteiger partial charge in [0.15, 0.2) is 0 Å². The minimum absolute atomic E-state index is 0.361. The number of nitro benzene ring substituents is 2. The van der Waals surface area contributed by atoms with E-state index in [4.69, 9.17) is 15.3 Å². The fraction of sp³-hybridized carbons (Fsp3) is 0.364. The average molecular weight is 315 g/mol. The highest BCUT2D eigenvalue weighted by atomic mass is 16.6. The summed E-state index contributed by atoms with van der Waals surface area (Å²) in [4.78, 5) is 23.3. The van der Waals surface area contributed by atoms with Crippen LogP contribution in [0.25, 0.3) is 0 Å². The van der Waals surface area contributed by atoms with Gasteiger partial charge in [-0.1, -0.05) is 0 Å². The molecule has 1 rings (SSSR count). The normalized spacial score (nSPS) is 11.8. The molecule has 0 atom stereocenters. The maximum Gasteiger partial charge on any atom is 0.318 e. The van der Waals surface area contributed by atoms with Crippen LogP contribution in [0.3, 0.4) is 0 Å². The van der Waals surface area contributed by atoms with E-state index >= 15 is 0 Å². The molecule has 0 aliphatic rings. The lowest BCUT2D eigenvalue weighted by Gasteiger charge is -2.21. The number of phenols is 1. The van der Waals surface area contributed by atoms with Crippen molar-refractivity contribution >= 4 is 17.6 Å².